The number of amides is 2. The Bertz CT molecular complexity index is 799. The molecule has 96 valence electrons. The summed E-state index contributed by atoms with van der Waals surface area (Å²) in [5.41, 5.74) is 0. The van der Waals surface area contributed by atoms with E-state index in [0.29, 0.717) is 12.8 Å². The zero-order valence-electron chi connectivity index (χ0n) is 9.86. The molecule has 0 bridgehead atoms. The van der Waals surface area contributed by atoms with Gasteiger partial charge in [0.15, 0.2) is 0 Å². The maximum atomic E-state index is 10.1. The van der Waals surface area contributed by atoms with Gasteiger partial charge in [0.2, 0.25) is 11.8 Å². The molecule has 0 unspecified atom stereocenters. The molecule has 0 atom stereocenters. The maximum absolute atomic E-state index is 10.1. The topological polar surface area (TPSA) is 46.2 Å². The van der Waals surface area contributed by atoms with E-state index in [9.17, 15) is 9.59 Å². The van der Waals surface area contributed by atoms with Crippen molar-refractivity contribution >= 4 is 11.8 Å². The Morgan fingerprint density at radius 1 is 0.667 bits per heavy atom. The van der Waals surface area contributed by atoms with Gasteiger partial charge in [-0.2, -0.15) is 0 Å². The summed E-state index contributed by atoms with van der Waals surface area (Å²) in [6, 6.07) is 0. The second kappa shape index (κ2) is 0.584. The third kappa shape index (κ3) is 0.0773. The molecule has 4 heteroatoms. The van der Waals surface area contributed by atoms with Crippen LogP contribution in [0.5, 0.6) is 0 Å². The second-order valence-corrected chi connectivity index (χ2v) is 35.0. The predicted molar refractivity (Wildman–Crippen MR) is 59.9 cm³/mol. The number of carbonyl (C=O) groups is 2. The molecule has 1 N–H and O–H groups in total. The molecule has 11 rings (SSSR count). The van der Waals surface area contributed by atoms with Crippen LogP contribution in [0, 0.1) is 0 Å². The monoisotopic (exact) mass is 285 g/mol. The molecule has 1 spiro atoms. The summed E-state index contributed by atoms with van der Waals surface area (Å²) >= 11 is 0. The average Bonchev–Trinajstić information content (AvgIpc) is 3.28. The Labute approximate surface area is 94.3 Å². The van der Waals surface area contributed by atoms with E-state index >= 15 is 0 Å². The van der Waals surface area contributed by atoms with Gasteiger partial charge in [0.05, 0.1) is 0 Å². The van der Waals surface area contributed by atoms with Gasteiger partial charge in [-0.1, -0.05) is 0 Å². The standard InChI is InChI=1S/2C5H5.C4H5NO2.Fe/c2*1-2-4-5-3-1;6-3-1-2-4(7)5-3;/h2*1-5H;1-2H2,(H,5,6,7);. The van der Waals surface area contributed by atoms with Crippen molar-refractivity contribution in [1.29, 1.82) is 0 Å². The first-order chi connectivity index (χ1) is 8.45. The van der Waals surface area contributed by atoms with Gasteiger partial charge in [0.1, 0.15) is 0 Å². The van der Waals surface area contributed by atoms with Crippen molar-refractivity contribution in [1.82, 2.24) is 5.32 Å². The third-order valence-electron chi connectivity index (χ3n) is 15.4. The van der Waals surface area contributed by atoms with Crippen LogP contribution in [0.15, 0.2) is 0 Å². The van der Waals surface area contributed by atoms with Crippen LogP contribution >= 0.6 is 0 Å². The van der Waals surface area contributed by atoms with Crippen molar-refractivity contribution in [3.8, 4) is 0 Å². The molecule has 18 heavy (non-hydrogen) atoms. The van der Waals surface area contributed by atoms with E-state index < -0.39 is 6.51 Å². The van der Waals surface area contributed by atoms with Crippen molar-refractivity contribution in [3.63, 3.8) is 0 Å². The first kappa shape index (κ1) is 6.90. The van der Waals surface area contributed by atoms with Crippen LogP contribution in [-0.2, 0) is 16.1 Å². The SMILES string of the molecule is O=C1CCC(=O)N1.[CH]12[CH]3[CH]4[CH]5[CH]1[Fe]23451678[CH]2[CH]1[CH]6[CH]7[CH]28. The molecule has 11 aliphatic heterocycles. The molecule has 0 saturated carbocycles. The van der Waals surface area contributed by atoms with E-state index in [0.717, 1.165) is 0 Å². The zero-order chi connectivity index (χ0) is 11.4. The van der Waals surface area contributed by atoms with Gasteiger partial charge < -0.3 is 0 Å². The van der Waals surface area contributed by atoms with E-state index in [-0.39, 0.29) is 11.8 Å². The molecule has 0 aromatic rings. The fourth-order valence-corrected chi connectivity index (χ4v) is 88.5. The Hall–Kier alpha value is -0.341. The summed E-state index contributed by atoms with van der Waals surface area (Å²) in [6.45, 7) is -2.28. The summed E-state index contributed by atoms with van der Waals surface area (Å²) in [5, 5.41) is 2.14. The molecule has 0 radical (unpaired) electrons. The first-order valence-corrected chi connectivity index (χ1v) is 13.9. The van der Waals surface area contributed by atoms with Crippen LogP contribution in [0.4, 0.5) is 0 Å². The summed E-state index contributed by atoms with van der Waals surface area (Å²) in [5.74, 6) is -0.296. The van der Waals surface area contributed by atoms with E-state index in [4.69, 9.17) is 0 Å². The third-order valence-corrected chi connectivity index (χ3v) is 57.3. The molecule has 11 saturated heterocycles. The summed E-state index contributed by atoms with van der Waals surface area (Å²) < 4.78 is 0. The minimum absolute atomic E-state index is 0.148. The summed E-state index contributed by atoms with van der Waals surface area (Å²) in [6.07, 6.45) is 0.748. The fourth-order valence-electron chi connectivity index (χ4n) is 16.3. The predicted octanol–water partition coefficient (Wildman–Crippen LogP) is 2.80. The molecule has 0 aliphatic carbocycles. The summed E-state index contributed by atoms with van der Waals surface area (Å²) in [4.78, 5) is 36.2. The van der Waals surface area contributed by atoms with Crippen LogP contribution < -0.4 is 5.32 Å². The van der Waals surface area contributed by atoms with Crippen LogP contribution in [0.1, 0.15) is 12.8 Å². The quantitative estimate of drug-likeness (QED) is 0.549. The molecule has 0 aromatic heterocycles. The Morgan fingerprint density at radius 2 is 0.944 bits per heavy atom. The molecular formula is C14H15FeNO2. The van der Waals surface area contributed by atoms with Crippen LogP contribution in [0.2, 0.25) is 48.2 Å². The van der Waals surface area contributed by atoms with Crippen molar-refractivity contribution in [2.75, 3.05) is 0 Å². The van der Waals surface area contributed by atoms with E-state index in [1.54, 1.807) is 48.2 Å². The number of hydrogen-bond donors (Lipinski definition) is 1. The Balaban J connectivity index is 0.0000000857. The van der Waals surface area contributed by atoms with Crippen molar-refractivity contribution in [2.24, 2.45) is 0 Å². The normalized spacial score (nSPS) is 112. The molecular weight excluding hydrogens is 270 g/mol. The Morgan fingerprint density at radius 3 is 1.00 bits per heavy atom. The number of imide groups is 1. The molecule has 11 heterocycles. The van der Waals surface area contributed by atoms with E-state index in [1.165, 1.54) is 0 Å². The van der Waals surface area contributed by atoms with Gasteiger partial charge in [-0.3, -0.25) is 14.9 Å². The van der Waals surface area contributed by atoms with Crippen molar-refractivity contribution in [3.05, 3.63) is 0 Å². The van der Waals surface area contributed by atoms with Crippen molar-refractivity contribution in [2.45, 2.75) is 61.0 Å². The van der Waals surface area contributed by atoms with Gasteiger partial charge in [0, 0.05) is 12.8 Å². The van der Waals surface area contributed by atoms with Gasteiger partial charge in [-0.05, 0) is 0 Å². The van der Waals surface area contributed by atoms with Gasteiger partial charge in [-0.15, -0.1) is 0 Å². The zero-order valence-corrected chi connectivity index (χ0v) is 11.0. The molecule has 3 nitrogen and oxygen atoms in total. The van der Waals surface area contributed by atoms with Gasteiger partial charge >= 0.3 is 54.7 Å². The van der Waals surface area contributed by atoms with Crippen molar-refractivity contribution < 1.29 is 16.1 Å². The molecule has 11 fully saturated rings. The Kier molecular flexibility index (Phi) is 0.224. The molecule has 11 aliphatic rings. The van der Waals surface area contributed by atoms with E-state index in [1.807, 2.05) is 0 Å². The fraction of sp³-hybridized carbons (Fsp3) is 0.857. The van der Waals surface area contributed by atoms with Crippen LogP contribution in [0.3, 0.4) is 0 Å². The van der Waals surface area contributed by atoms with Gasteiger partial charge in [0.25, 0.3) is 0 Å². The van der Waals surface area contributed by atoms with Crippen LogP contribution in [0.25, 0.3) is 0 Å². The minimum atomic E-state index is -2.28. The number of nitrogens with one attached hydrogen (secondary N) is 1. The first-order valence-electron chi connectivity index (χ1n) is 7.49. The number of rotatable bonds is 0. The van der Waals surface area contributed by atoms with Gasteiger partial charge in [-0.25, -0.2) is 0 Å². The van der Waals surface area contributed by atoms with E-state index in [2.05, 4.69) is 5.32 Å². The number of hydrogen-bond acceptors (Lipinski definition) is 2. The molecule has 0 aromatic carbocycles. The molecule has 2 amide bonds. The number of carbonyl (C=O) groups excluding carboxylic acids is 2. The number of fused-ring (bicyclic) bond motifs is 10. The summed E-state index contributed by atoms with van der Waals surface area (Å²) in [7, 11) is 0. The van der Waals surface area contributed by atoms with Crippen LogP contribution in [-0.4, -0.2) is 11.8 Å². The second-order valence-electron chi connectivity index (χ2n) is 11.1. The average molecular weight is 285 g/mol.